The smallest absolute Gasteiger partial charge is 0.240 e. The Morgan fingerprint density at radius 1 is 1.10 bits per heavy atom. The van der Waals surface area contributed by atoms with E-state index in [-0.39, 0.29) is 24.1 Å². The van der Waals surface area contributed by atoms with Gasteiger partial charge in [-0.25, -0.2) is 13.1 Å². The van der Waals surface area contributed by atoms with Crippen molar-refractivity contribution in [2.75, 3.05) is 24.8 Å². The van der Waals surface area contributed by atoms with E-state index in [1.54, 1.807) is 42.2 Å². The molecule has 0 aliphatic carbocycles. The predicted octanol–water partition coefficient (Wildman–Crippen LogP) is 1.44. The molecule has 8 nitrogen and oxygen atoms in total. The number of benzene rings is 2. The summed E-state index contributed by atoms with van der Waals surface area (Å²) in [7, 11) is -3.84. The first kappa shape index (κ1) is 19.3. The van der Waals surface area contributed by atoms with E-state index in [4.69, 9.17) is 9.47 Å². The molecule has 0 fully saturated rings. The van der Waals surface area contributed by atoms with Gasteiger partial charge in [0.05, 0.1) is 10.6 Å². The van der Waals surface area contributed by atoms with Crippen molar-refractivity contribution in [2.24, 2.45) is 0 Å². The highest BCUT2D eigenvalue weighted by atomic mass is 32.2. The number of nitrogens with one attached hydrogen (secondary N) is 1. The molecule has 0 aromatic heterocycles. The number of hydrogen-bond acceptors (Lipinski definition) is 6. The highest BCUT2D eigenvalue weighted by Crippen LogP contribution is 2.39. The maximum atomic E-state index is 13.0. The van der Waals surface area contributed by atoms with Crippen LogP contribution in [0.4, 0.5) is 5.69 Å². The van der Waals surface area contributed by atoms with Gasteiger partial charge in [-0.3, -0.25) is 4.79 Å². The standard InChI is InChI=1S/C21H22N2O6S/c1-21(25,15-3-4-17-18(10-15)29-12-28-17)11-22-30(26,27)16-8-13-2-5-19(24)23-7-6-14(9-16)20(13)23/h3-4,8-10,22,25H,2,5-7,11-12H2,1H3/t21-/m0/s1. The Labute approximate surface area is 174 Å². The second-order valence-electron chi connectivity index (χ2n) is 8.05. The Hall–Kier alpha value is -2.62. The van der Waals surface area contributed by atoms with Crippen LogP contribution in [0.25, 0.3) is 0 Å². The zero-order valence-electron chi connectivity index (χ0n) is 16.5. The minimum Gasteiger partial charge on any atom is -0.454 e. The van der Waals surface area contributed by atoms with Gasteiger partial charge in [0.2, 0.25) is 22.7 Å². The lowest BCUT2D eigenvalue weighted by atomic mass is 9.96. The molecule has 0 bridgehead atoms. The first-order valence-corrected chi connectivity index (χ1v) is 11.3. The summed E-state index contributed by atoms with van der Waals surface area (Å²) in [4.78, 5) is 14.0. The normalized spacial score (nSPS) is 19.0. The molecule has 1 amide bonds. The minimum absolute atomic E-state index is 0.0924. The van der Waals surface area contributed by atoms with Gasteiger partial charge >= 0.3 is 0 Å². The largest absolute Gasteiger partial charge is 0.454 e. The number of anilines is 1. The highest BCUT2D eigenvalue weighted by Gasteiger charge is 2.34. The van der Waals surface area contributed by atoms with E-state index in [0.717, 1.165) is 16.8 Å². The van der Waals surface area contributed by atoms with Crippen molar-refractivity contribution in [3.63, 3.8) is 0 Å². The van der Waals surface area contributed by atoms with E-state index in [0.29, 0.717) is 42.9 Å². The molecule has 2 aromatic carbocycles. The molecule has 0 saturated carbocycles. The van der Waals surface area contributed by atoms with Crippen LogP contribution < -0.4 is 19.1 Å². The van der Waals surface area contributed by atoms with Gasteiger partial charge in [0.25, 0.3) is 0 Å². The monoisotopic (exact) mass is 430 g/mol. The van der Waals surface area contributed by atoms with Crippen LogP contribution in [0.15, 0.2) is 35.2 Å². The number of ether oxygens (including phenoxy) is 2. The quantitative estimate of drug-likeness (QED) is 0.744. The molecule has 0 radical (unpaired) electrons. The van der Waals surface area contributed by atoms with Crippen LogP contribution in [0.5, 0.6) is 11.5 Å². The van der Waals surface area contributed by atoms with Gasteiger partial charge in [-0.2, -0.15) is 0 Å². The van der Waals surface area contributed by atoms with E-state index in [1.165, 1.54) is 0 Å². The number of carbonyl (C=O) groups is 1. The van der Waals surface area contributed by atoms with Crippen LogP contribution in [0, 0.1) is 0 Å². The third-order valence-corrected chi connectivity index (χ3v) is 7.32. The van der Waals surface area contributed by atoms with Crippen molar-refractivity contribution in [1.82, 2.24) is 4.72 Å². The molecule has 3 heterocycles. The number of sulfonamides is 1. The second-order valence-corrected chi connectivity index (χ2v) is 9.82. The number of fused-ring (bicyclic) bond motifs is 1. The molecule has 0 saturated heterocycles. The number of nitrogens with zero attached hydrogens (tertiary/aromatic N) is 1. The van der Waals surface area contributed by atoms with Gasteiger partial charge in [0.15, 0.2) is 11.5 Å². The second kappa shape index (κ2) is 6.69. The van der Waals surface area contributed by atoms with Gasteiger partial charge < -0.3 is 19.5 Å². The van der Waals surface area contributed by atoms with Crippen LogP contribution in [0.1, 0.15) is 30.0 Å². The Bertz CT molecular complexity index is 1160. The molecule has 9 heteroatoms. The molecule has 2 N–H and O–H groups in total. The summed E-state index contributed by atoms with van der Waals surface area (Å²) in [5.41, 5.74) is 1.71. The molecule has 3 aliphatic rings. The first-order chi connectivity index (χ1) is 14.2. The summed E-state index contributed by atoms with van der Waals surface area (Å²) >= 11 is 0. The van der Waals surface area contributed by atoms with E-state index in [1.807, 2.05) is 0 Å². The molecule has 3 aliphatic heterocycles. The molecule has 1 atom stereocenters. The first-order valence-electron chi connectivity index (χ1n) is 9.83. The summed E-state index contributed by atoms with van der Waals surface area (Å²) in [6.07, 6.45) is 1.57. The molecule has 30 heavy (non-hydrogen) atoms. The van der Waals surface area contributed by atoms with Crippen molar-refractivity contribution >= 4 is 21.6 Å². The van der Waals surface area contributed by atoms with Gasteiger partial charge in [-0.1, -0.05) is 6.07 Å². The van der Waals surface area contributed by atoms with Crippen LogP contribution in [0.3, 0.4) is 0 Å². The zero-order valence-corrected chi connectivity index (χ0v) is 17.3. The topological polar surface area (TPSA) is 105 Å². The summed E-state index contributed by atoms with van der Waals surface area (Å²) in [6, 6.07) is 8.31. The molecule has 5 rings (SSSR count). The fourth-order valence-electron chi connectivity index (χ4n) is 4.23. The molecule has 0 unspecified atom stereocenters. The third kappa shape index (κ3) is 3.13. The molecule has 158 valence electrons. The average Bonchev–Trinajstić information content (AvgIpc) is 3.36. The van der Waals surface area contributed by atoms with Crippen molar-refractivity contribution in [3.05, 3.63) is 47.0 Å². The number of aryl methyl sites for hydroxylation is 1. The maximum absolute atomic E-state index is 13.0. The third-order valence-electron chi connectivity index (χ3n) is 5.94. The molecular weight excluding hydrogens is 408 g/mol. The fraction of sp³-hybridized carbons (Fsp3) is 0.381. The Morgan fingerprint density at radius 3 is 2.63 bits per heavy atom. The van der Waals surface area contributed by atoms with Crippen molar-refractivity contribution in [1.29, 1.82) is 0 Å². The van der Waals surface area contributed by atoms with E-state index in [2.05, 4.69) is 4.72 Å². The van der Waals surface area contributed by atoms with Crippen LogP contribution in [0.2, 0.25) is 0 Å². The van der Waals surface area contributed by atoms with Crippen molar-refractivity contribution in [2.45, 2.75) is 36.7 Å². The minimum atomic E-state index is -3.84. The molecular formula is C21H22N2O6S. The average molecular weight is 430 g/mol. The molecule has 0 spiro atoms. The SMILES string of the molecule is C[C@](O)(CNS(=O)(=O)c1cc2c3c(c1)CCN3C(=O)CC2)c1ccc2c(c1)OCO2. The number of amides is 1. The Balaban J connectivity index is 1.38. The van der Waals surface area contributed by atoms with E-state index in [9.17, 15) is 18.3 Å². The highest BCUT2D eigenvalue weighted by molar-refractivity contribution is 7.89. The zero-order chi connectivity index (χ0) is 21.1. The van der Waals surface area contributed by atoms with Gasteiger partial charge in [0, 0.05) is 19.5 Å². The maximum Gasteiger partial charge on any atom is 0.240 e. The number of hydrogen-bond donors (Lipinski definition) is 2. The summed E-state index contributed by atoms with van der Waals surface area (Å²) in [5, 5.41) is 10.9. The van der Waals surface area contributed by atoms with Crippen LogP contribution in [-0.2, 0) is 33.3 Å². The van der Waals surface area contributed by atoms with Crippen LogP contribution in [-0.4, -0.2) is 39.3 Å². The lowest BCUT2D eigenvalue weighted by Crippen LogP contribution is -2.38. The number of aliphatic hydroxyl groups is 1. The summed E-state index contributed by atoms with van der Waals surface area (Å²) in [6.45, 7) is 2.06. The summed E-state index contributed by atoms with van der Waals surface area (Å²) in [5.74, 6) is 1.21. The van der Waals surface area contributed by atoms with Crippen molar-refractivity contribution < 1.29 is 27.8 Å². The van der Waals surface area contributed by atoms with Crippen LogP contribution >= 0.6 is 0 Å². The van der Waals surface area contributed by atoms with Gasteiger partial charge in [-0.15, -0.1) is 0 Å². The Morgan fingerprint density at radius 2 is 1.83 bits per heavy atom. The lowest BCUT2D eigenvalue weighted by molar-refractivity contribution is -0.118. The predicted molar refractivity (Wildman–Crippen MR) is 108 cm³/mol. The number of carbonyl (C=O) groups excluding carboxylic acids is 1. The summed E-state index contributed by atoms with van der Waals surface area (Å²) < 4.78 is 39.1. The fourth-order valence-corrected chi connectivity index (χ4v) is 5.47. The lowest BCUT2D eigenvalue weighted by Gasteiger charge is -2.26. The Kier molecular flexibility index (Phi) is 4.32. The number of rotatable bonds is 5. The van der Waals surface area contributed by atoms with Gasteiger partial charge in [-0.05, 0) is 60.7 Å². The van der Waals surface area contributed by atoms with E-state index < -0.39 is 15.6 Å². The van der Waals surface area contributed by atoms with Gasteiger partial charge in [0.1, 0.15) is 5.60 Å². The van der Waals surface area contributed by atoms with E-state index >= 15 is 0 Å². The van der Waals surface area contributed by atoms with Crippen molar-refractivity contribution in [3.8, 4) is 11.5 Å². The molecule has 2 aromatic rings.